The molecule has 9 nitrogen and oxygen atoms in total. The summed E-state index contributed by atoms with van der Waals surface area (Å²) >= 11 is 6.02. The quantitative estimate of drug-likeness (QED) is 0.279. The summed E-state index contributed by atoms with van der Waals surface area (Å²) in [4.78, 5) is 15.6. The number of nitrogens with one attached hydrogen (secondary N) is 1. The minimum absolute atomic E-state index is 0.0908. The van der Waals surface area contributed by atoms with E-state index in [1.165, 1.54) is 37.5 Å². The van der Waals surface area contributed by atoms with Crippen LogP contribution in [-0.4, -0.2) is 40.8 Å². The smallest absolute Gasteiger partial charge is 0.321 e. The fourth-order valence-electron chi connectivity index (χ4n) is 3.04. The minimum Gasteiger partial charge on any atom is -0.480 e. The van der Waals surface area contributed by atoms with Gasteiger partial charge in [-0.15, -0.1) is 0 Å². The fraction of sp³-hybridized carbons (Fsp3) is 0.150. The van der Waals surface area contributed by atoms with Gasteiger partial charge in [0.15, 0.2) is 0 Å². The maximum Gasteiger partial charge on any atom is 0.321 e. The number of carboxylic acids is 1. The number of fused-ring (bicyclic) bond motifs is 1. The lowest BCUT2D eigenvalue weighted by Gasteiger charge is -2.26. The van der Waals surface area contributed by atoms with Crippen LogP contribution in [0.15, 0.2) is 65.8 Å². The van der Waals surface area contributed by atoms with E-state index in [4.69, 9.17) is 22.9 Å². The molecule has 4 N–H and O–H groups in total. The summed E-state index contributed by atoms with van der Waals surface area (Å²) in [5.74, 6) is -1.68. The van der Waals surface area contributed by atoms with Crippen LogP contribution in [0.3, 0.4) is 0 Å². The molecule has 0 aliphatic carbocycles. The SMILES string of the molecule is C[C@@H](C(=O)O)N(Cc1ccccc1)S(=O)(=O)c1ccc2c(N(Cl)C(=N)N)cncc2c1. The molecule has 0 fully saturated rings. The Morgan fingerprint density at radius 2 is 1.90 bits per heavy atom. The minimum atomic E-state index is -4.17. The van der Waals surface area contributed by atoms with Crippen molar-refractivity contribution in [2.75, 3.05) is 4.42 Å². The van der Waals surface area contributed by atoms with E-state index in [1.807, 2.05) is 0 Å². The normalized spacial score (nSPS) is 12.6. The number of hydrogen-bond donors (Lipinski definition) is 3. The largest absolute Gasteiger partial charge is 0.480 e. The Balaban J connectivity index is 2.09. The highest BCUT2D eigenvalue weighted by Gasteiger charge is 2.33. The summed E-state index contributed by atoms with van der Waals surface area (Å²) in [5.41, 5.74) is 6.40. The second-order valence-corrected chi connectivity index (χ2v) is 8.99. The van der Waals surface area contributed by atoms with Crippen LogP contribution >= 0.6 is 11.8 Å². The van der Waals surface area contributed by atoms with E-state index in [2.05, 4.69) is 4.98 Å². The lowest BCUT2D eigenvalue weighted by molar-refractivity contribution is -0.141. The van der Waals surface area contributed by atoms with E-state index in [-0.39, 0.29) is 11.4 Å². The number of anilines is 1. The maximum absolute atomic E-state index is 13.4. The van der Waals surface area contributed by atoms with Gasteiger partial charge in [-0.2, -0.15) is 4.31 Å². The van der Waals surface area contributed by atoms with Gasteiger partial charge in [-0.05, 0) is 24.6 Å². The number of carbonyl (C=O) groups is 1. The van der Waals surface area contributed by atoms with Gasteiger partial charge < -0.3 is 10.8 Å². The van der Waals surface area contributed by atoms with Gasteiger partial charge in [-0.3, -0.25) is 15.2 Å². The zero-order valence-electron chi connectivity index (χ0n) is 16.4. The number of nitrogens with zero attached hydrogens (tertiary/aromatic N) is 3. The first-order valence-electron chi connectivity index (χ1n) is 9.09. The second-order valence-electron chi connectivity index (χ2n) is 6.76. The van der Waals surface area contributed by atoms with E-state index in [0.29, 0.717) is 22.0 Å². The van der Waals surface area contributed by atoms with E-state index < -0.39 is 28.0 Å². The van der Waals surface area contributed by atoms with Crippen molar-refractivity contribution >= 4 is 50.2 Å². The van der Waals surface area contributed by atoms with Crippen LogP contribution in [0.4, 0.5) is 5.69 Å². The topological polar surface area (TPSA) is 141 Å². The van der Waals surface area contributed by atoms with E-state index in [1.54, 1.807) is 30.3 Å². The molecule has 0 spiro atoms. The van der Waals surface area contributed by atoms with Crippen molar-refractivity contribution in [3.63, 3.8) is 0 Å². The van der Waals surface area contributed by atoms with Crippen LogP contribution in [0.1, 0.15) is 12.5 Å². The van der Waals surface area contributed by atoms with Crippen LogP contribution in [0.2, 0.25) is 0 Å². The molecule has 2 aromatic carbocycles. The molecule has 0 saturated heterocycles. The Morgan fingerprint density at radius 3 is 2.52 bits per heavy atom. The predicted molar refractivity (Wildman–Crippen MR) is 118 cm³/mol. The second kappa shape index (κ2) is 8.88. The molecule has 3 aromatic rings. The number of aliphatic carboxylic acids is 1. The molecule has 0 amide bonds. The van der Waals surface area contributed by atoms with Gasteiger partial charge in [0, 0.05) is 35.3 Å². The van der Waals surface area contributed by atoms with Gasteiger partial charge in [0.2, 0.25) is 16.0 Å². The third-order valence-corrected chi connectivity index (χ3v) is 6.99. The Morgan fingerprint density at radius 1 is 1.23 bits per heavy atom. The van der Waals surface area contributed by atoms with Crippen molar-refractivity contribution in [1.29, 1.82) is 5.41 Å². The van der Waals surface area contributed by atoms with Crippen LogP contribution < -0.4 is 10.2 Å². The van der Waals surface area contributed by atoms with Crippen LogP contribution in [0.25, 0.3) is 10.8 Å². The Bertz CT molecular complexity index is 1240. The Labute approximate surface area is 184 Å². The molecule has 11 heteroatoms. The number of sulfonamides is 1. The molecule has 0 radical (unpaired) electrons. The standard InChI is InChI=1S/C20H20ClN5O4S/c1-13(19(27)28)25(12-14-5-3-2-4-6-14)31(29,30)16-7-8-17-15(9-16)10-24-11-18(17)26(21)20(22)23/h2-11,13H,12H2,1H3,(H3,22,23)(H,27,28)/t13-/m0/s1. The summed E-state index contributed by atoms with van der Waals surface area (Å²) in [6.45, 7) is 1.22. The van der Waals surface area contributed by atoms with Crippen molar-refractivity contribution in [3.8, 4) is 0 Å². The van der Waals surface area contributed by atoms with E-state index in [9.17, 15) is 18.3 Å². The predicted octanol–water partition coefficient (Wildman–Crippen LogP) is 2.75. The van der Waals surface area contributed by atoms with Gasteiger partial charge >= 0.3 is 5.97 Å². The molecule has 162 valence electrons. The molecule has 0 aliphatic heterocycles. The number of pyridine rings is 1. The maximum atomic E-state index is 13.4. The average Bonchev–Trinajstić information content (AvgIpc) is 2.76. The van der Waals surface area contributed by atoms with Gasteiger partial charge in [-0.1, -0.05) is 36.4 Å². The lowest BCUT2D eigenvalue weighted by atomic mass is 10.1. The summed E-state index contributed by atoms with van der Waals surface area (Å²) in [6, 6.07) is 11.7. The third-order valence-electron chi connectivity index (χ3n) is 4.71. The number of benzene rings is 2. The van der Waals surface area contributed by atoms with Crippen molar-refractivity contribution in [2.24, 2.45) is 5.73 Å². The van der Waals surface area contributed by atoms with E-state index >= 15 is 0 Å². The molecule has 1 heterocycles. The van der Waals surface area contributed by atoms with Crippen molar-refractivity contribution < 1.29 is 18.3 Å². The molecule has 3 rings (SSSR count). The van der Waals surface area contributed by atoms with Gasteiger partial charge in [0.05, 0.1) is 16.8 Å². The van der Waals surface area contributed by atoms with Gasteiger partial charge in [0.25, 0.3) is 0 Å². The number of nitrogens with two attached hydrogens (primary N) is 1. The molecule has 31 heavy (non-hydrogen) atoms. The average molecular weight is 462 g/mol. The lowest BCUT2D eigenvalue weighted by Crippen LogP contribution is -2.42. The number of halogens is 1. The van der Waals surface area contributed by atoms with Crippen LogP contribution in [0, 0.1) is 5.41 Å². The third kappa shape index (κ3) is 4.61. The fourth-order valence-corrected chi connectivity index (χ4v) is 4.78. The molecular weight excluding hydrogens is 442 g/mol. The summed E-state index contributed by atoms with van der Waals surface area (Å²) in [5, 5.41) is 18.0. The molecule has 0 aliphatic rings. The number of hydrogen-bond acceptors (Lipinski definition) is 5. The number of aromatic nitrogens is 1. The van der Waals surface area contributed by atoms with Crippen molar-refractivity contribution in [3.05, 3.63) is 66.5 Å². The highest BCUT2D eigenvalue weighted by molar-refractivity contribution is 7.89. The highest BCUT2D eigenvalue weighted by atomic mass is 35.5. The zero-order chi connectivity index (χ0) is 22.8. The molecule has 0 unspecified atom stereocenters. The summed E-state index contributed by atoms with van der Waals surface area (Å²) in [6.07, 6.45) is 2.85. The van der Waals surface area contributed by atoms with Crippen molar-refractivity contribution in [2.45, 2.75) is 24.4 Å². The van der Waals surface area contributed by atoms with E-state index in [0.717, 1.165) is 8.72 Å². The highest BCUT2D eigenvalue weighted by Crippen LogP contribution is 2.30. The first-order valence-corrected chi connectivity index (χ1v) is 10.9. The number of guanidine groups is 1. The number of carboxylic acid groups (broad SMARTS) is 1. The Hall–Kier alpha value is -3.21. The zero-order valence-corrected chi connectivity index (χ0v) is 18.0. The number of rotatable bonds is 7. The molecule has 1 aromatic heterocycles. The van der Waals surface area contributed by atoms with Crippen LogP contribution in [-0.2, 0) is 21.4 Å². The van der Waals surface area contributed by atoms with Gasteiger partial charge in [0.1, 0.15) is 6.04 Å². The summed E-state index contributed by atoms with van der Waals surface area (Å²) in [7, 11) is -4.17. The Kier molecular flexibility index (Phi) is 6.44. The first kappa shape index (κ1) is 22.5. The summed E-state index contributed by atoms with van der Waals surface area (Å²) < 4.78 is 28.6. The molecular formula is C20H20ClN5O4S. The monoisotopic (exact) mass is 461 g/mol. The molecule has 1 atom stereocenters. The first-order chi connectivity index (χ1) is 14.6. The van der Waals surface area contributed by atoms with Crippen molar-refractivity contribution in [1.82, 2.24) is 9.29 Å². The molecule has 0 bridgehead atoms. The van der Waals surface area contributed by atoms with Gasteiger partial charge in [-0.25, -0.2) is 12.8 Å². The molecule has 0 saturated carbocycles. The van der Waals surface area contributed by atoms with Crippen LogP contribution in [0.5, 0.6) is 0 Å².